The molecule has 5 nitrogen and oxygen atoms in total. The Labute approximate surface area is 161 Å². The lowest BCUT2D eigenvalue weighted by Crippen LogP contribution is -2.33. The molecule has 0 aliphatic carbocycles. The van der Waals surface area contributed by atoms with E-state index in [0.29, 0.717) is 30.0 Å². The number of hydrogen-bond acceptors (Lipinski definition) is 3. The maximum atomic E-state index is 12.8. The van der Waals surface area contributed by atoms with Gasteiger partial charge in [-0.1, -0.05) is 38.1 Å². The van der Waals surface area contributed by atoms with Crippen molar-refractivity contribution in [2.75, 3.05) is 11.9 Å². The largest absolute Gasteiger partial charge is 0.480 e. The maximum Gasteiger partial charge on any atom is 0.265 e. The summed E-state index contributed by atoms with van der Waals surface area (Å²) in [7, 11) is 0. The van der Waals surface area contributed by atoms with Crippen molar-refractivity contribution >= 4 is 17.5 Å². The Morgan fingerprint density at radius 2 is 1.78 bits per heavy atom. The number of nitrogens with one attached hydrogen (secondary N) is 2. The summed E-state index contributed by atoms with van der Waals surface area (Å²) in [6.07, 6.45) is 0.725. The van der Waals surface area contributed by atoms with E-state index < -0.39 is 6.10 Å². The molecule has 0 saturated heterocycles. The zero-order valence-electron chi connectivity index (χ0n) is 16.5. The van der Waals surface area contributed by atoms with E-state index in [0.717, 1.165) is 17.5 Å². The predicted molar refractivity (Wildman–Crippen MR) is 108 cm³/mol. The van der Waals surface area contributed by atoms with Crippen LogP contribution in [0.1, 0.15) is 48.2 Å². The van der Waals surface area contributed by atoms with E-state index in [1.807, 2.05) is 45.9 Å². The van der Waals surface area contributed by atoms with Crippen LogP contribution in [0.5, 0.6) is 5.75 Å². The molecule has 0 aliphatic heterocycles. The third-order valence-electron chi connectivity index (χ3n) is 4.45. The molecule has 0 bridgehead atoms. The van der Waals surface area contributed by atoms with Crippen LogP contribution in [-0.4, -0.2) is 24.5 Å². The first-order valence-corrected chi connectivity index (χ1v) is 9.38. The van der Waals surface area contributed by atoms with Crippen molar-refractivity contribution in [3.63, 3.8) is 0 Å². The summed E-state index contributed by atoms with van der Waals surface area (Å²) in [5, 5.41) is 5.69. The fourth-order valence-electron chi connectivity index (χ4n) is 2.66. The monoisotopic (exact) mass is 368 g/mol. The van der Waals surface area contributed by atoms with Crippen molar-refractivity contribution in [2.24, 2.45) is 0 Å². The summed E-state index contributed by atoms with van der Waals surface area (Å²) >= 11 is 0. The van der Waals surface area contributed by atoms with Crippen LogP contribution in [0.2, 0.25) is 0 Å². The van der Waals surface area contributed by atoms with E-state index in [9.17, 15) is 9.59 Å². The minimum Gasteiger partial charge on any atom is -0.480 e. The SMILES string of the molecule is CCCNC(=O)c1ccccc1NC(=O)[C@H](CC)Oc1cccc(C)c1C. The molecule has 0 spiro atoms. The summed E-state index contributed by atoms with van der Waals surface area (Å²) < 4.78 is 5.96. The molecule has 0 unspecified atom stereocenters. The van der Waals surface area contributed by atoms with Crippen molar-refractivity contribution < 1.29 is 14.3 Å². The Hall–Kier alpha value is -2.82. The molecular weight excluding hydrogens is 340 g/mol. The maximum absolute atomic E-state index is 12.8. The van der Waals surface area contributed by atoms with Gasteiger partial charge in [0.05, 0.1) is 11.3 Å². The molecule has 2 aromatic rings. The fraction of sp³-hybridized carbons (Fsp3) is 0.364. The molecule has 5 heteroatoms. The van der Waals surface area contributed by atoms with Gasteiger partial charge in [0, 0.05) is 6.54 Å². The van der Waals surface area contributed by atoms with Gasteiger partial charge in [0.2, 0.25) is 0 Å². The molecule has 0 aliphatic rings. The van der Waals surface area contributed by atoms with E-state index >= 15 is 0 Å². The number of aryl methyl sites for hydroxylation is 1. The van der Waals surface area contributed by atoms with Crippen molar-refractivity contribution in [1.82, 2.24) is 5.32 Å². The Kier molecular flexibility index (Phi) is 7.41. The van der Waals surface area contributed by atoms with Gasteiger partial charge < -0.3 is 15.4 Å². The summed E-state index contributed by atoms with van der Waals surface area (Å²) in [5.74, 6) is 0.233. The van der Waals surface area contributed by atoms with Gasteiger partial charge in [-0.3, -0.25) is 9.59 Å². The average Bonchev–Trinajstić information content (AvgIpc) is 2.67. The van der Waals surface area contributed by atoms with Crippen molar-refractivity contribution in [3.05, 3.63) is 59.2 Å². The van der Waals surface area contributed by atoms with Gasteiger partial charge in [-0.05, 0) is 56.0 Å². The van der Waals surface area contributed by atoms with E-state index in [2.05, 4.69) is 10.6 Å². The Morgan fingerprint density at radius 3 is 2.48 bits per heavy atom. The molecule has 0 heterocycles. The molecule has 0 radical (unpaired) electrons. The third-order valence-corrected chi connectivity index (χ3v) is 4.45. The lowest BCUT2D eigenvalue weighted by molar-refractivity contribution is -0.122. The van der Waals surface area contributed by atoms with Crippen LogP contribution in [0, 0.1) is 13.8 Å². The lowest BCUT2D eigenvalue weighted by atomic mass is 10.1. The van der Waals surface area contributed by atoms with E-state index in [4.69, 9.17) is 4.74 Å². The highest BCUT2D eigenvalue weighted by molar-refractivity contribution is 6.04. The Balaban J connectivity index is 2.15. The number of hydrogen-bond donors (Lipinski definition) is 2. The molecular formula is C22H28N2O3. The first kappa shape index (κ1) is 20.5. The second-order valence-corrected chi connectivity index (χ2v) is 6.50. The van der Waals surface area contributed by atoms with Gasteiger partial charge in [0.15, 0.2) is 6.10 Å². The number of amides is 2. The van der Waals surface area contributed by atoms with Gasteiger partial charge in [-0.25, -0.2) is 0 Å². The highest BCUT2D eigenvalue weighted by Gasteiger charge is 2.21. The number of ether oxygens (including phenoxy) is 1. The molecule has 0 fully saturated rings. The minimum absolute atomic E-state index is 0.198. The topological polar surface area (TPSA) is 67.4 Å². The normalized spacial score (nSPS) is 11.6. The van der Waals surface area contributed by atoms with E-state index in [1.54, 1.807) is 24.3 Å². The van der Waals surface area contributed by atoms with Crippen LogP contribution in [0.25, 0.3) is 0 Å². The first-order chi connectivity index (χ1) is 13.0. The van der Waals surface area contributed by atoms with Gasteiger partial charge in [-0.2, -0.15) is 0 Å². The van der Waals surface area contributed by atoms with Gasteiger partial charge in [-0.15, -0.1) is 0 Å². The molecule has 2 amide bonds. The number of carbonyl (C=O) groups is 2. The van der Waals surface area contributed by atoms with Gasteiger partial charge >= 0.3 is 0 Å². The second-order valence-electron chi connectivity index (χ2n) is 6.50. The first-order valence-electron chi connectivity index (χ1n) is 9.38. The van der Waals surface area contributed by atoms with Crippen LogP contribution < -0.4 is 15.4 Å². The quantitative estimate of drug-likeness (QED) is 0.732. The highest BCUT2D eigenvalue weighted by Crippen LogP contribution is 2.23. The van der Waals surface area contributed by atoms with Crippen LogP contribution >= 0.6 is 0 Å². The smallest absolute Gasteiger partial charge is 0.265 e. The summed E-state index contributed by atoms with van der Waals surface area (Å²) in [6.45, 7) is 8.46. The zero-order chi connectivity index (χ0) is 19.8. The molecule has 0 aromatic heterocycles. The molecule has 2 rings (SSSR count). The minimum atomic E-state index is -0.641. The van der Waals surface area contributed by atoms with Crippen LogP contribution in [0.4, 0.5) is 5.69 Å². The summed E-state index contributed by atoms with van der Waals surface area (Å²) in [4.78, 5) is 25.1. The number of benzene rings is 2. The molecule has 2 aromatic carbocycles. The Morgan fingerprint density at radius 1 is 1.04 bits per heavy atom. The molecule has 144 valence electrons. The number of para-hydroxylation sites is 1. The molecule has 2 N–H and O–H groups in total. The number of carbonyl (C=O) groups excluding carboxylic acids is 2. The van der Waals surface area contributed by atoms with Gasteiger partial charge in [0.25, 0.3) is 11.8 Å². The van der Waals surface area contributed by atoms with Crippen LogP contribution in [0.15, 0.2) is 42.5 Å². The fourth-order valence-corrected chi connectivity index (χ4v) is 2.66. The number of anilines is 1. The lowest BCUT2D eigenvalue weighted by Gasteiger charge is -2.20. The van der Waals surface area contributed by atoms with Crippen molar-refractivity contribution in [1.29, 1.82) is 0 Å². The van der Waals surface area contributed by atoms with E-state index in [1.165, 1.54) is 0 Å². The van der Waals surface area contributed by atoms with Crippen molar-refractivity contribution in [2.45, 2.75) is 46.6 Å². The standard InChI is InChI=1S/C22H28N2O3/c1-5-14-23-21(25)17-11-7-8-12-18(17)24-22(26)19(6-2)27-20-13-9-10-15(3)16(20)4/h7-13,19H,5-6,14H2,1-4H3,(H,23,25)(H,24,26)/t19-/m0/s1. The third kappa shape index (κ3) is 5.33. The highest BCUT2D eigenvalue weighted by atomic mass is 16.5. The molecule has 1 atom stereocenters. The average molecular weight is 368 g/mol. The predicted octanol–water partition coefficient (Wildman–Crippen LogP) is 4.24. The molecule has 27 heavy (non-hydrogen) atoms. The molecule has 0 saturated carbocycles. The summed E-state index contributed by atoms with van der Waals surface area (Å²) in [6, 6.07) is 12.8. The Bertz CT molecular complexity index is 802. The van der Waals surface area contributed by atoms with Crippen molar-refractivity contribution in [3.8, 4) is 5.75 Å². The van der Waals surface area contributed by atoms with Crippen LogP contribution in [0.3, 0.4) is 0 Å². The number of rotatable bonds is 8. The van der Waals surface area contributed by atoms with Gasteiger partial charge in [0.1, 0.15) is 5.75 Å². The zero-order valence-corrected chi connectivity index (χ0v) is 16.5. The van der Waals surface area contributed by atoms with Crippen LogP contribution in [-0.2, 0) is 4.79 Å². The summed E-state index contributed by atoms with van der Waals surface area (Å²) in [5.41, 5.74) is 3.06. The van der Waals surface area contributed by atoms with E-state index in [-0.39, 0.29) is 11.8 Å². The second kappa shape index (κ2) is 9.76.